The number of anilines is 1. The highest BCUT2D eigenvalue weighted by molar-refractivity contribution is 5.48. The third kappa shape index (κ3) is 5.95. The van der Waals surface area contributed by atoms with Gasteiger partial charge >= 0.3 is 0 Å². The molecule has 0 aromatic carbocycles. The van der Waals surface area contributed by atoms with Crippen molar-refractivity contribution in [1.82, 2.24) is 4.98 Å². The summed E-state index contributed by atoms with van der Waals surface area (Å²) in [5.74, 6) is 0.696. The number of hydrogen-bond donors (Lipinski definition) is 1. The lowest BCUT2D eigenvalue weighted by Gasteiger charge is -2.22. The number of aromatic nitrogens is 1. The summed E-state index contributed by atoms with van der Waals surface area (Å²) in [7, 11) is 1.64. The number of nitrogens with one attached hydrogen (secondary N) is 1. The van der Waals surface area contributed by atoms with Gasteiger partial charge in [0.1, 0.15) is 5.82 Å². The Kier molecular flexibility index (Phi) is 6.36. The van der Waals surface area contributed by atoms with Crippen molar-refractivity contribution in [2.75, 3.05) is 25.6 Å². The second-order valence-electron chi connectivity index (χ2n) is 5.29. The van der Waals surface area contributed by atoms with Gasteiger partial charge < -0.3 is 14.8 Å². The smallest absolute Gasteiger partial charge is 0.278 e. The minimum absolute atomic E-state index is 0.0374. The number of methoxy groups -OCH3 is 1. The van der Waals surface area contributed by atoms with Crippen LogP contribution in [0.4, 0.5) is 11.5 Å². The van der Waals surface area contributed by atoms with E-state index in [9.17, 15) is 10.1 Å². The van der Waals surface area contributed by atoms with Gasteiger partial charge in [0.05, 0.1) is 29.3 Å². The average molecular weight is 297 g/mol. The zero-order chi connectivity index (χ0) is 15.9. The number of nitrogens with zero attached hydrogens (tertiary/aromatic N) is 2. The molecule has 7 heteroatoms. The molecule has 0 spiro atoms. The normalized spacial score (nSPS) is 11.2. The van der Waals surface area contributed by atoms with E-state index in [1.54, 1.807) is 7.11 Å². The van der Waals surface area contributed by atoms with E-state index in [1.807, 2.05) is 20.8 Å². The largest absolute Gasteiger partial charge is 0.477 e. The maximum Gasteiger partial charge on any atom is 0.278 e. The lowest BCUT2D eigenvalue weighted by molar-refractivity contribution is -0.384. The number of rotatable bonds is 9. The van der Waals surface area contributed by atoms with Crippen molar-refractivity contribution in [3.63, 3.8) is 0 Å². The predicted molar refractivity (Wildman–Crippen MR) is 80.9 cm³/mol. The molecule has 7 nitrogen and oxygen atoms in total. The van der Waals surface area contributed by atoms with E-state index in [-0.39, 0.29) is 17.2 Å². The molecule has 1 heterocycles. The first-order chi connectivity index (χ1) is 9.88. The van der Waals surface area contributed by atoms with Crippen molar-refractivity contribution in [3.8, 4) is 5.88 Å². The van der Waals surface area contributed by atoms with Crippen LogP contribution >= 0.6 is 0 Å². The Balaban J connectivity index is 2.75. The van der Waals surface area contributed by atoms with Crippen LogP contribution in [0.1, 0.15) is 33.6 Å². The lowest BCUT2D eigenvalue weighted by Crippen LogP contribution is -2.25. The monoisotopic (exact) mass is 297 g/mol. The molecule has 1 rings (SSSR count). The van der Waals surface area contributed by atoms with Crippen LogP contribution in [0.15, 0.2) is 12.1 Å². The Hall–Kier alpha value is -1.89. The van der Waals surface area contributed by atoms with Crippen LogP contribution in [0.25, 0.3) is 0 Å². The number of pyridine rings is 1. The molecule has 1 aromatic heterocycles. The molecule has 1 N–H and O–H groups in total. The molecule has 0 aliphatic carbocycles. The van der Waals surface area contributed by atoms with Gasteiger partial charge in [0.25, 0.3) is 5.69 Å². The fourth-order valence-electron chi connectivity index (χ4n) is 1.52. The highest BCUT2D eigenvalue weighted by atomic mass is 16.6. The molecule has 118 valence electrons. The molecule has 0 aliphatic rings. The summed E-state index contributed by atoms with van der Waals surface area (Å²) in [6.45, 7) is 6.98. The fourth-order valence-corrected chi connectivity index (χ4v) is 1.52. The summed E-state index contributed by atoms with van der Waals surface area (Å²) in [4.78, 5) is 14.7. The second-order valence-corrected chi connectivity index (χ2v) is 5.29. The van der Waals surface area contributed by atoms with Crippen molar-refractivity contribution < 1.29 is 14.4 Å². The van der Waals surface area contributed by atoms with E-state index in [4.69, 9.17) is 9.47 Å². The highest BCUT2D eigenvalue weighted by Crippen LogP contribution is 2.23. The van der Waals surface area contributed by atoms with Crippen molar-refractivity contribution in [3.05, 3.63) is 22.2 Å². The van der Waals surface area contributed by atoms with E-state index in [1.165, 1.54) is 12.1 Å². The third-order valence-corrected chi connectivity index (χ3v) is 3.06. The summed E-state index contributed by atoms with van der Waals surface area (Å²) in [5.41, 5.74) is -0.339. The summed E-state index contributed by atoms with van der Waals surface area (Å²) >= 11 is 0. The number of ether oxygens (including phenoxy) is 2. The van der Waals surface area contributed by atoms with Gasteiger partial charge in [-0.25, -0.2) is 0 Å². The summed E-state index contributed by atoms with van der Waals surface area (Å²) in [6, 6.07) is 2.73. The number of nitro groups is 1. The minimum atomic E-state index is -0.454. The van der Waals surface area contributed by atoms with E-state index in [0.29, 0.717) is 25.4 Å². The molecule has 0 saturated heterocycles. The fraction of sp³-hybridized carbons (Fsp3) is 0.643. The van der Waals surface area contributed by atoms with Crippen molar-refractivity contribution >= 4 is 11.5 Å². The van der Waals surface area contributed by atoms with Crippen LogP contribution < -0.4 is 10.1 Å². The minimum Gasteiger partial charge on any atom is -0.477 e. The number of hydrogen-bond acceptors (Lipinski definition) is 6. The van der Waals surface area contributed by atoms with Crippen molar-refractivity contribution in [2.45, 2.75) is 39.2 Å². The third-order valence-electron chi connectivity index (χ3n) is 3.06. The van der Waals surface area contributed by atoms with Gasteiger partial charge in [-0.05, 0) is 20.3 Å². The summed E-state index contributed by atoms with van der Waals surface area (Å²) < 4.78 is 10.8. The highest BCUT2D eigenvalue weighted by Gasteiger charge is 2.17. The zero-order valence-corrected chi connectivity index (χ0v) is 13.0. The van der Waals surface area contributed by atoms with Crippen LogP contribution in [-0.2, 0) is 4.74 Å². The van der Waals surface area contributed by atoms with E-state index in [2.05, 4.69) is 10.3 Å². The van der Waals surface area contributed by atoms with Crippen LogP contribution in [0.3, 0.4) is 0 Å². The molecule has 21 heavy (non-hydrogen) atoms. The lowest BCUT2D eigenvalue weighted by atomic mass is 10.1. The Bertz CT molecular complexity index is 477. The van der Waals surface area contributed by atoms with Gasteiger partial charge in [-0.1, -0.05) is 6.92 Å². The Morgan fingerprint density at radius 3 is 2.71 bits per heavy atom. The molecular formula is C14H23N3O4. The standard InChI is InChI=1S/C14H23N3O4/c1-5-7-15-12-9-11(17(18)19)10-13(16-12)21-8-6-14(2,3)20-4/h9-10H,5-8H2,1-4H3,(H,15,16). The van der Waals surface area contributed by atoms with E-state index >= 15 is 0 Å². The molecule has 0 aliphatic heterocycles. The Morgan fingerprint density at radius 2 is 2.14 bits per heavy atom. The second kappa shape index (κ2) is 7.78. The molecule has 0 fully saturated rings. The summed E-state index contributed by atoms with van der Waals surface area (Å²) in [5, 5.41) is 14.0. The van der Waals surface area contributed by atoms with E-state index in [0.717, 1.165) is 6.42 Å². The van der Waals surface area contributed by atoms with Crippen LogP contribution in [0.2, 0.25) is 0 Å². The van der Waals surface area contributed by atoms with E-state index < -0.39 is 4.92 Å². The van der Waals surface area contributed by atoms with Crippen LogP contribution in [0, 0.1) is 10.1 Å². The van der Waals surface area contributed by atoms with Gasteiger partial charge in [0.2, 0.25) is 5.88 Å². The molecule has 0 unspecified atom stereocenters. The Morgan fingerprint density at radius 1 is 1.43 bits per heavy atom. The summed E-state index contributed by atoms with van der Waals surface area (Å²) in [6.07, 6.45) is 1.56. The topological polar surface area (TPSA) is 86.5 Å². The molecule has 1 aromatic rings. The molecule has 0 amide bonds. The zero-order valence-electron chi connectivity index (χ0n) is 13.0. The van der Waals surface area contributed by atoms with Crippen LogP contribution in [-0.4, -0.2) is 35.8 Å². The maximum absolute atomic E-state index is 10.9. The Labute approximate surface area is 124 Å². The predicted octanol–water partition coefficient (Wildman–Crippen LogP) is 3.01. The van der Waals surface area contributed by atoms with Gasteiger partial charge in [0.15, 0.2) is 0 Å². The van der Waals surface area contributed by atoms with Crippen molar-refractivity contribution in [1.29, 1.82) is 0 Å². The van der Waals surface area contributed by atoms with Gasteiger partial charge in [-0.15, -0.1) is 0 Å². The average Bonchev–Trinajstić information content (AvgIpc) is 2.44. The molecule has 0 atom stereocenters. The molecule has 0 bridgehead atoms. The molecular weight excluding hydrogens is 274 g/mol. The quantitative estimate of drug-likeness (QED) is 0.557. The molecule has 0 radical (unpaired) electrons. The van der Waals surface area contributed by atoms with Gasteiger partial charge in [-0.2, -0.15) is 4.98 Å². The first-order valence-electron chi connectivity index (χ1n) is 6.96. The van der Waals surface area contributed by atoms with Gasteiger partial charge in [0, 0.05) is 20.1 Å². The van der Waals surface area contributed by atoms with Crippen LogP contribution in [0.5, 0.6) is 5.88 Å². The first-order valence-corrected chi connectivity index (χ1v) is 6.96. The molecule has 0 saturated carbocycles. The SMILES string of the molecule is CCCNc1cc([N+](=O)[O-])cc(OCCC(C)(C)OC)n1. The first kappa shape index (κ1) is 17.2. The van der Waals surface area contributed by atoms with Crippen molar-refractivity contribution in [2.24, 2.45) is 0 Å². The van der Waals surface area contributed by atoms with Gasteiger partial charge in [-0.3, -0.25) is 10.1 Å². The maximum atomic E-state index is 10.9.